The van der Waals surface area contributed by atoms with E-state index in [4.69, 9.17) is 4.74 Å². The zero-order valence-corrected chi connectivity index (χ0v) is 12.1. The first-order valence-electron chi connectivity index (χ1n) is 6.21. The van der Waals surface area contributed by atoms with Crippen LogP contribution in [0.25, 0.3) is 0 Å². The number of Topliss-reactive ketones (excluding diaryl/α,β-unsaturated/α-hetero) is 2. The van der Waals surface area contributed by atoms with Crippen molar-refractivity contribution in [3.05, 3.63) is 0 Å². The lowest BCUT2D eigenvalue weighted by molar-refractivity contribution is -0.127. The van der Waals surface area contributed by atoms with Crippen molar-refractivity contribution in [3.8, 4) is 0 Å². The van der Waals surface area contributed by atoms with Crippen molar-refractivity contribution in [1.29, 1.82) is 0 Å². The molecule has 0 atom stereocenters. The molecule has 0 aromatic carbocycles. The summed E-state index contributed by atoms with van der Waals surface area (Å²) >= 11 is 0. The molecule has 0 aromatic rings. The summed E-state index contributed by atoms with van der Waals surface area (Å²) in [6, 6.07) is 0. The average molecular weight is 242 g/mol. The van der Waals surface area contributed by atoms with E-state index in [2.05, 4.69) is 0 Å². The Balaban J connectivity index is 4.02. The maximum absolute atomic E-state index is 11.3. The van der Waals surface area contributed by atoms with E-state index in [1.54, 1.807) is 13.8 Å². The predicted molar refractivity (Wildman–Crippen MR) is 69.0 cm³/mol. The third kappa shape index (κ3) is 7.27. The summed E-state index contributed by atoms with van der Waals surface area (Å²) in [5.41, 5.74) is -0.616. The molecule has 0 aromatic heterocycles. The van der Waals surface area contributed by atoms with Crippen LogP contribution in [0.2, 0.25) is 0 Å². The van der Waals surface area contributed by atoms with Gasteiger partial charge in [-0.25, -0.2) is 0 Å². The quantitative estimate of drug-likeness (QED) is 0.656. The molecule has 0 N–H and O–H groups in total. The summed E-state index contributed by atoms with van der Waals surface area (Å²) in [5.74, 6) is 0.369. The Labute approximate surface area is 105 Å². The van der Waals surface area contributed by atoms with Gasteiger partial charge in [0.1, 0.15) is 11.6 Å². The molecule has 17 heavy (non-hydrogen) atoms. The molecular formula is C14H26O3. The molecule has 0 rings (SSSR count). The maximum atomic E-state index is 11.3. The van der Waals surface area contributed by atoms with E-state index < -0.39 is 0 Å². The van der Waals surface area contributed by atoms with Gasteiger partial charge in [0.2, 0.25) is 0 Å². The van der Waals surface area contributed by atoms with Gasteiger partial charge in [0.05, 0.1) is 5.60 Å². The van der Waals surface area contributed by atoms with Gasteiger partial charge in [-0.2, -0.15) is 0 Å². The van der Waals surface area contributed by atoms with E-state index >= 15 is 0 Å². The van der Waals surface area contributed by atoms with Gasteiger partial charge < -0.3 is 9.53 Å². The van der Waals surface area contributed by atoms with Gasteiger partial charge in [0.15, 0.2) is 0 Å². The smallest absolute Gasteiger partial charge is 0.135 e. The number of ether oxygens (including phenoxy) is 1. The first-order chi connectivity index (χ1) is 7.57. The van der Waals surface area contributed by atoms with Crippen LogP contribution in [-0.4, -0.2) is 23.8 Å². The van der Waals surface area contributed by atoms with E-state index in [0.717, 1.165) is 6.42 Å². The Morgan fingerprint density at radius 3 is 1.94 bits per heavy atom. The van der Waals surface area contributed by atoms with Gasteiger partial charge in [0, 0.05) is 18.4 Å². The van der Waals surface area contributed by atoms with Gasteiger partial charge >= 0.3 is 0 Å². The van der Waals surface area contributed by atoms with Crippen molar-refractivity contribution >= 4 is 11.6 Å². The molecule has 100 valence electrons. The summed E-state index contributed by atoms with van der Waals surface area (Å²) in [4.78, 5) is 22.2. The summed E-state index contributed by atoms with van der Waals surface area (Å²) < 4.78 is 5.76. The minimum Gasteiger partial charge on any atom is -0.376 e. The SMILES string of the molecule is CC(=O)CCC(C)(C)OCCC(C)(C)C(C)=O. The zero-order chi connectivity index (χ0) is 13.7. The summed E-state index contributed by atoms with van der Waals surface area (Å²) in [7, 11) is 0. The van der Waals surface area contributed by atoms with Crippen LogP contribution in [0, 0.1) is 5.41 Å². The monoisotopic (exact) mass is 242 g/mol. The summed E-state index contributed by atoms with van der Waals surface area (Å²) in [6.07, 6.45) is 1.98. The van der Waals surface area contributed by atoms with Gasteiger partial charge in [-0.15, -0.1) is 0 Å². The lowest BCUT2D eigenvalue weighted by Crippen LogP contribution is -2.29. The molecule has 0 unspecified atom stereocenters. The molecular weight excluding hydrogens is 216 g/mol. The Morgan fingerprint density at radius 1 is 1.00 bits per heavy atom. The highest BCUT2D eigenvalue weighted by atomic mass is 16.5. The second kappa shape index (κ2) is 6.29. The van der Waals surface area contributed by atoms with Crippen LogP contribution < -0.4 is 0 Å². The fourth-order valence-electron chi connectivity index (χ4n) is 1.31. The molecule has 0 spiro atoms. The Kier molecular flexibility index (Phi) is 6.03. The number of rotatable bonds is 8. The second-order valence-electron chi connectivity index (χ2n) is 6.00. The maximum Gasteiger partial charge on any atom is 0.135 e. The third-order valence-corrected chi connectivity index (χ3v) is 3.25. The second-order valence-corrected chi connectivity index (χ2v) is 6.00. The largest absolute Gasteiger partial charge is 0.376 e. The van der Waals surface area contributed by atoms with E-state index in [1.165, 1.54) is 0 Å². The van der Waals surface area contributed by atoms with Crippen molar-refractivity contribution in [2.75, 3.05) is 6.61 Å². The molecule has 0 fully saturated rings. The van der Waals surface area contributed by atoms with Crippen LogP contribution >= 0.6 is 0 Å². The van der Waals surface area contributed by atoms with Crippen molar-refractivity contribution in [3.63, 3.8) is 0 Å². The van der Waals surface area contributed by atoms with Gasteiger partial charge in [-0.3, -0.25) is 4.79 Å². The van der Waals surface area contributed by atoms with Gasteiger partial charge in [-0.1, -0.05) is 13.8 Å². The van der Waals surface area contributed by atoms with Gasteiger partial charge in [0.25, 0.3) is 0 Å². The molecule has 0 bridgehead atoms. The topological polar surface area (TPSA) is 43.4 Å². The molecule has 3 nitrogen and oxygen atoms in total. The zero-order valence-electron chi connectivity index (χ0n) is 12.1. The van der Waals surface area contributed by atoms with Crippen LogP contribution in [0.1, 0.15) is 60.8 Å². The first-order valence-corrected chi connectivity index (χ1v) is 6.21. The fraction of sp³-hybridized carbons (Fsp3) is 0.857. The van der Waals surface area contributed by atoms with Crippen LogP contribution in [-0.2, 0) is 14.3 Å². The standard InChI is InChI=1S/C14H26O3/c1-11(15)7-8-14(5,6)17-10-9-13(3,4)12(2)16/h7-10H2,1-6H3. The molecule has 3 heteroatoms. The number of ketones is 2. The van der Waals surface area contributed by atoms with Crippen LogP contribution in [0.4, 0.5) is 0 Å². The molecule has 0 radical (unpaired) electrons. The molecule has 0 aliphatic carbocycles. The minimum atomic E-state index is -0.323. The first kappa shape index (κ1) is 16.3. The van der Waals surface area contributed by atoms with Crippen molar-refractivity contribution in [2.45, 2.75) is 66.4 Å². The Bertz CT molecular complexity index is 277. The number of hydrogen-bond acceptors (Lipinski definition) is 3. The van der Waals surface area contributed by atoms with Crippen molar-refractivity contribution in [1.82, 2.24) is 0 Å². The summed E-state index contributed by atoms with van der Waals surface area (Å²) in [5, 5.41) is 0. The van der Waals surface area contributed by atoms with Crippen molar-refractivity contribution < 1.29 is 14.3 Å². The highest BCUT2D eigenvalue weighted by molar-refractivity contribution is 5.81. The summed E-state index contributed by atoms with van der Waals surface area (Å²) in [6.45, 7) is 11.6. The van der Waals surface area contributed by atoms with Crippen LogP contribution in [0.5, 0.6) is 0 Å². The number of carbonyl (C=O) groups is 2. The number of carbonyl (C=O) groups excluding carboxylic acids is 2. The van der Waals surface area contributed by atoms with Crippen LogP contribution in [0.3, 0.4) is 0 Å². The fourth-order valence-corrected chi connectivity index (χ4v) is 1.31. The van der Waals surface area contributed by atoms with Crippen molar-refractivity contribution in [2.24, 2.45) is 5.41 Å². The van der Waals surface area contributed by atoms with E-state index in [9.17, 15) is 9.59 Å². The minimum absolute atomic E-state index is 0.183. The van der Waals surface area contributed by atoms with E-state index in [-0.39, 0.29) is 22.6 Å². The molecule has 0 aliphatic rings. The third-order valence-electron chi connectivity index (χ3n) is 3.25. The predicted octanol–water partition coefficient (Wildman–Crippen LogP) is 3.16. The normalized spacial score (nSPS) is 12.6. The lowest BCUT2D eigenvalue weighted by atomic mass is 9.85. The van der Waals surface area contributed by atoms with E-state index in [1.807, 2.05) is 27.7 Å². The molecule has 0 saturated heterocycles. The Morgan fingerprint density at radius 2 is 1.53 bits per heavy atom. The van der Waals surface area contributed by atoms with Gasteiger partial charge in [-0.05, 0) is 40.5 Å². The molecule has 0 aliphatic heterocycles. The molecule has 0 saturated carbocycles. The highest BCUT2D eigenvalue weighted by Crippen LogP contribution is 2.24. The molecule has 0 heterocycles. The molecule has 0 amide bonds. The van der Waals surface area contributed by atoms with Crippen LogP contribution in [0.15, 0.2) is 0 Å². The van der Waals surface area contributed by atoms with E-state index in [0.29, 0.717) is 19.4 Å². The number of hydrogen-bond donors (Lipinski definition) is 0. The highest BCUT2D eigenvalue weighted by Gasteiger charge is 2.25. The Hall–Kier alpha value is -0.700. The lowest BCUT2D eigenvalue weighted by Gasteiger charge is -2.28. The average Bonchev–Trinajstić information content (AvgIpc) is 2.14.